The number of aromatic nitrogens is 2. The fourth-order valence-electron chi connectivity index (χ4n) is 2.28. The van der Waals surface area contributed by atoms with Crippen LogP contribution in [0.4, 0.5) is 0 Å². The van der Waals surface area contributed by atoms with Crippen molar-refractivity contribution >= 4 is 0 Å². The van der Waals surface area contributed by atoms with Crippen LogP contribution in [-0.2, 0) is 13.0 Å². The van der Waals surface area contributed by atoms with E-state index in [1.54, 1.807) is 0 Å². The van der Waals surface area contributed by atoms with Crippen LogP contribution in [0.1, 0.15) is 24.4 Å². The number of hydrogen-bond acceptors (Lipinski definition) is 4. The highest BCUT2D eigenvalue weighted by Gasteiger charge is 2.16. The minimum atomic E-state index is -0.0889. The molecule has 2 aromatic rings. The predicted octanol–water partition coefficient (Wildman–Crippen LogP) is 1.87. The van der Waals surface area contributed by atoms with Crippen molar-refractivity contribution in [1.29, 1.82) is 0 Å². The summed E-state index contributed by atoms with van der Waals surface area (Å²) in [4.78, 5) is 4.30. The predicted molar refractivity (Wildman–Crippen MR) is 71.1 cm³/mol. The highest BCUT2D eigenvalue weighted by molar-refractivity contribution is 5.45. The summed E-state index contributed by atoms with van der Waals surface area (Å²) in [6, 6.07) is 5.76. The fraction of sp³-hybridized carbons (Fsp3) is 0.357. The molecule has 1 aliphatic rings. The lowest BCUT2D eigenvalue weighted by Crippen LogP contribution is -2.18. The zero-order valence-electron chi connectivity index (χ0n) is 10.9. The van der Waals surface area contributed by atoms with Gasteiger partial charge >= 0.3 is 0 Å². The van der Waals surface area contributed by atoms with Gasteiger partial charge in [-0.05, 0) is 17.7 Å². The molecule has 1 unspecified atom stereocenters. The highest BCUT2D eigenvalue weighted by atomic mass is 16.7. The van der Waals surface area contributed by atoms with Crippen molar-refractivity contribution in [3.05, 3.63) is 42.0 Å². The van der Waals surface area contributed by atoms with Gasteiger partial charge in [0.25, 0.3) is 0 Å². The minimum absolute atomic E-state index is 0.0889. The van der Waals surface area contributed by atoms with Crippen LogP contribution in [0.2, 0.25) is 0 Å². The molecule has 100 valence electrons. The zero-order valence-corrected chi connectivity index (χ0v) is 10.9. The lowest BCUT2D eigenvalue weighted by atomic mass is 10.1. The quantitative estimate of drug-likeness (QED) is 0.910. The van der Waals surface area contributed by atoms with Gasteiger partial charge < -0.3 is 19.8 Å². The third kappa shape index (κ3) is 2.29. The monoisotopic (exact) mass is 259 g/mol. The van der Waals surface area contributed by atoms with Crippen LogP contribution in [-0.4, -0.2) is 16.3 Å². The molecule has 0 aliphatic carbocycles. The van der Waals surface area contributed by atoms with Gasteiger partial charge in [0.15, 0.2) is 11.5 Å². The molecular formula is C14H17N3O2. The molecule has 19 heavy (non-hydrogen) atoms. The number of rotatable bonds is 4. The molecule has 5 nitrogen and oxygen atoms in total. The van der Waals surface area contributed by atoms with Gasteiger partial charge in [-0.2, -0.15) is 0 Å². The first-order valence-corrected chi connectivity index (χ1v) is 6.43. The summed E-state index contributed by atoms with van der Waals surface area (Å²) >= 11 is 0. The Balaban J connectivity index is 1.79. The second kappa shape index (κ2) is 4.93. The number of fused-ring (bicyclic) bond motifs is 1. The number of imidazole rings is 1. The molecule has 0 radical (unpaired) electrons. The van der Waals surface area contributed by atoms with Crippen LogP contribution < -0.4 is 15.2 Å². The Morgan fingerprint density at radius 3 is 3.05 bits per heavy atom. The third-order valence-corrected chi connectivity index (χ3v) is 3.34. The lowest BCUT2D eigenvalue weighted by molar-refractivity contribution is 0.174. The molecule has 0 saturated heterocycles. The average molecular weight is 259 g/mol. The van der Waals surface area contributed by atoms with E-state index in [0.29, 0.717) is 6.54 Å². The van der Waals surface area contributed by atoms with Crippen LogP contribution in [0.25, 0.3) is 0 Å². The van der Waals surface area contributed by atoms with E-state index in [9.17, 15) is 0 Å². The summed E-state index contributed by atoms with van der Waals surface area (Å²) in [6.45, 7) is 3.09. The SMILES string of the molecule is CCc1nccn1CC(N)c1ccc2c(c1)OCO2. The normalized spacial score (nSPS) is 14.6. The molecule has 5 heteroatoms. The second-order valence-electron chi connectivity index (χ2n) is 4.57. The van der Waals surface area contributed by atoms with Gasteiger partial charge in [-0.3, -0.25) is 0 Å². The largest absolute Gasteiger partial charge is 0.454 e. The zero-order chi connectivity index (χ0) is 13.2. The minimum Gasteiger partial charge on any atom is -0.454 e. The summed E-state index contributed by atoms with van der Waals surface area (Å²) < 4.78 is 12.8. The van der Waals surface area contributed by atoms with Crippen molar-refractivity contribution in [3.63, 3.8) is 0 Å². The van der Waals surface area contributed by atoms with Crippen molar-refractivity contribution in [2.45, 2.75) is 25.9 Å². The molecule has 3 rings (SSSR count). The Kier molecular flexibility index (Phi) is 3.13. The Hall–Kier alpha value is -2.01. The summed E-state index contributed by atoms with van der Waals surface area (Å²) in [5.41, 5.74) is 7.30. The summed E-state index contributed by atoms with van der Waals surface area (Å²) in [6.07, 6.45) is 4.68. The van der Waals surface area contributed by atoms with Crippen molar-refractivity contribution < 1.29 is 9.47 Å². The number of nitrogens with zero attached hydrogens (tertiary/aromatic N) is 2. The number of benzene rings is 1. The van der Waals surface area contributed by atoms with Gasteiger partial charge in [-0.15, -0.1) is 0 Å². The van der Waals surface area contributed by atoms with Crippen molar-refractivity contribution in [2.24, 2.45) is 5.73 Å². The summed E-state index contributed by atoms with van der Waals surface area (Å²) in [5.74, 6) is 2.61. The molecule has 1 aromatic heterocycles. The smallest absolute Gasteiger partial charge is 0.231 e. The van der Waals surface area contributed by atoms with Crippen LogP contribution in [0.3, 0.4) is 0 Å². The van der Waals surface area contributed by atoms with Crippen molar-refractivity contribution in [2.75, 3.05) is 6.79 Å². The topological polar surface area (TPSA) is 62.3 Å². The number of nitrogens with two attached hydrogens (primary N) is 1. The maximum absolute atomic E-state index is 6.26. The standard InChI is InChI=1S/C14H17N3O2/c1-2-14-16-5-6-17(14)8-11(15)10-3-4-12-13(7-10)19-9-18-12/h3-7,11H,2,8-9,15H2,1H3. The Bertz CT molecular complexity index is 580. The number of hydrogen-bond donors (Lipinski definition) is 1. The Morgan fingerprint density at radius 1 is 1.37 bits per heavy atom. The van der Waals surface area contributed by atoms with Crippen LogP contribution in [0.5, 0.6) is 11.5 Å². The van der Waals surface area contributed by atoms with Crippen LogP contribution in [0, 0.1) is 0 Å². The molecule has 0 amide bonds. The van der Waals surface area contributed by atoms with E-state index in [4.69, 9.17) is 15.2 Å². The number of ether oxygens (including phenoxy) is 2. The molecule has 0 bridgehead atoms. The lowest BCUT2D eigenvalue weighted by Gasteiger charge is -2.15. The van der Waals surface area contributed by atoms with Crippen LogP contribution in [0.15, 0.2) is 30.6 Å². The molecule has 0 saturated carbocycles. The molecule has 1 aromatic carbocycles. The first-order chi connectivity index (χ1) is 9.28. The van der Waals surface area contributed by atoms with Crippen molar-refractivity contribution in [1.82, 2.24) is 9.55 Å². The van der Waals surface area contributed by atoms with Gasteiger partial charge in [0.1, 0.15) is 5.82 Å². The van der Waals surface area contributed by atoms with Gasteiger partial charge in [-0.1, -0.05) is 13.0 Å². The van der Waals surface area contributed by atoms with Gasteiger partial charge in [0.2, 0.25) is 6.79 Å². The first kappa shape index (κ1) is 12.0. The van der Waals surface area contributed by atoms with Gasteiger partial charge in [-0.25, -0.2) is 4.98 Å². The van der Waals surface area contributed by atoms with Crippen molar-refractivity contribution in [3.8, 4) is 11.5 Å². The molecule has 0 fully saturated rings. The van der Waals surface area contributed by atoms with E-state index in [0.717, 1.165) is 29.3 Å². The fourth-order valence-corrected chi connectivity index (χ4v) is 2.28. The number of aryl methyl sites for hydroxylation is 1. The van der Waals surface area contributed by atoms with Crippen LogP contribution >= 0.6 is 0 Å². The van der Waals surface area contributed by atoms with E-state index >= 15 is 0 Å². The van der Waals surface area contributed by atoms with E-state index in [1.165, 1.54) is 0 Å². The van der Waals surface area contributed by atoms with E-state index in [2.05, 4.69) is 16.5 Å². The molecule has 0 spiro atoms. The third-order valence-electron chi connectivity index (χ3n) is 3.34. The molecule has 1 aliphatic heterocycles. The molecule has 1 atom stereocenters. The summed E-state index contributed by atoms with van der Waals surface area (Å²) in [5, 5.41) is 0. The molecule has 2 heterocycles. The van der Waals surface area contributed by atoms with Gasteiger partial charge in [0, 0.05) is 31.4 Å². The first-order valence-electron chi connectivity index (χ1n) is 6.43. The maximum atomic E-state index is 6.26. The average Bonchev–Trinajstić information content (AvgIpc) is 3.05. The molecular weight excluding hydrogens is 242 g/mol. The van der Waals surface area contributed by atoms with E-state index in [-0.39, 0.29) is 12.8 Å². The Morgan fingerprint density at radius 2 is 2.21 bits per heavy atom. The van der Waals surface area contributed by atoms with Gasteiger partial charge in [0.05, 0.1) is 0 Å². The van der Waals surface area contributed by atoms with E-state index < -0.39 is 0 Å². The summed E-state index contributed by atoms with van der Waals surface area (Å²) in [7, 11) is 0. The van der Waals surface area contributed by atoms with E-state index in [1.807, 2.05) is 30.6 Å². The maximum Gasteiger partial charge on any atom is 0.231 e. The molecule has 2 N–H and O–H groups in total. The Labute approximate surface area is 112 Å². The second-order valence-corrected chi connectivity index (χ2v) is 4.57. The highest BCUT2D eigenvalue weighted by Crippen LogP contribution is 2.34.